The van der Waals surface area contributed by atoms with E-state index in [9.17, 15) is 28.2 Å². The van der Waals surface area contributed by atoms with E-state index in [1.807, 2.05) is 61.7 Å². The Morgan fingerprint density at radius 1 is 1.00 bits per heavy atom. The molecule has 4 rings (SSSR count). The van der Waals surface area contributed by atoms with Crippen LogP contribution in [-0.4, -0.2) is 90.7 Å². The topological polar surface area (TPSA) is 157 Å². The van der Waals surface area contributed by atoms with Crippen molar-refractivity contribution in [1.29, 1.82) is 0 Å². The van der Waals surface area contributed by atoms with Crippen molar-refractivity contribution in [2.24, 2.45) is 11.8 Å². The van der Waals surface area contributed by atoms with Gasteiger partial charge in [-0.2, -0.15) is 17.4 Å². The number of carbonyl (C=O) groups is 2. The molecule has 11 nitrogen and oxygen atoms in total. The van der Waals surface area contributed by atoms with E-state index in [-0.39, 0.29) is 38.6 Å². The summed E-state index contributed by atoms with van der Waals surface area (Å²) in [5.74, 6) is -0.727. The van der Waals surface area contributed by atoms with Gasteiger partial charge in [-0.15, -0.1) is 11.3 Å². The Kier molecular flexibility index (Phi) is 15.0. The summed E-state index contributed by atoms with van der Waals surface area (Å²) in [6.45, 7) is 4.79. The highest BCUT2D eigenvalue weighted by Gasteiger charge is 2.36. The maximum atomic E-state index is 14.0. The molecule has 2 aromatic rings. The maximum absolute atomic E-state index is 14.0. The molecule has 0 bridgehead atoms. The fourth-order valence-corrected chi connectivity index (χ4v) is 9.31. The Balaban J connectivity index is 1.56. The SMILES string of the molecule is CC(C)C[C@H](O)[C@H](O)[C@H](CC1CCCCC1)NC(=O)[C@@H](NC(=O)[C@H](Cc1ccccc1)NS(=O)(=O)N1CCOCC1)Sc1cccs1. The molecular weight excluding hydrogens is 661 g/mol. The van der Waals surface area contributed by atoms with E-state index < -0.39 is 51.7 Å². The molecule has 0 unspecified atom stereocenters. The lowest BCUT2D eigenvalue weighted by Gasteiger charge is -2.33. The van der Waals surface area contributed by atoms with Gasteiger partial charge in [-0.1, -0.05) is 94.1 Å². The van der Waals surface area contributed by atoms with Crippen LogP contribution >= 0.6 is 23.1 Å². The average Bonchev–Trinajstić information content (AvgIpc) is 3.57. The van der Waals surface area contributed by atoms with E-state index >= 15 is 0 Å². The maximum Gasteiger partial charge on any atom is 0.280 e. The molecule has 5 atom stereocenters. The van der Waals surface area contributed by atoms with Gasteiger partial charge < -0.3 is 25.6 Å². The van der Waals surface area contributed by atoms with Crippen molar-refractivity contribution in [3.63, 3.8) is 0 Å². The van der Waals surface area contributed by atoms with Crippen LogP contribution in [0.5, 0.6) is 0 Å². The van der Waals surface area contributed by atoms with Gasteiger partial charge in [-0.3, -0.25) is 9.59 Å². The number of nitrogens with one attached hydrogen (secondary N) is 3. The number of hydrogen-bond acceptors (Lipinski definition) is 9. The summed E-state index contributed by atoms with van der Waals surface area (Å²) < 4.78 is 36.6. The van der Waals surface area contributed by atoms with Gasteiger partial charge >= 0.3 is 0 Å². The molecule has 1 aromatic carbocycles. The number of carbonyl (C=O) groups excluding carboxylic acids is 2. The summed E-state index contributed by atoms with van der Waals surface area (Å²) >= 11 is 2.56. The van der Waals surface area contributed by atoms with Crippen LogP contribution in [-0.2, 0) is 31.0 Å². The van der Waals surface area contributed by atoms with Crippen LogP contribution in [0, 0.1) is 11.8 Å². The zero-order valence-corrected chi connectivity index (χ0v) is 29.7. The highest BCUT2D eigenvalue weighted by atomic mass is 32.2. The first-order valence-electron chi connectivity index (χ1n) is 16.6. The van der Waals surface area contributed by atoms with Crippen LogP contribution in [0.25, 0.3) is 0 Å². The van der Waals surface area contributed by atoms with Crippen LogP contribution in [0.1, 0.15) is 64.4 Å². The minimum absolute atomic E-state index is 0.0681. The monoisotopic (exact) mass is 710 g/mol. The van der Waals surface area contributed by atoms with Crippen molar-refractivity contribution < 1.29 is 33.0 Å². The fraction of sp³-hybridized carbons (Fsp3) is 0.636. The Morgan fingerprint density at radius 2 is 1.70 bits per heavy atom. The average molecular weight is 711 g/mol. The number of aliphatic hydroxyl groups is 2. The molecule has 2 fully saturated rings. The Bertz CT molecular complexity index is 1340. The summed E-state index contributed by atoms with van der Waals surface area (Å²) in [6, 6.07) is 10.8. The Labute approximate surface area is 287 Å². The molecular formula is C33H50N4O7S3. The molecule has 0 radical (unpaired) electrons. The molecule has 1 saturated carbocycles. The summed E-state index contributed by atoms with van der Waals surface area (Å²) in [5, 5.41) is 28.7. The fourth-order valence-electron chi connectivity index (χ4n) is 6.12. The predicted octanol–water partition coefficient (Wildman–Crippen LogP) is 3.28. The van der Waals surface area contributed by atoms with E-state index in [1.54, 1.807) is 0 Å². The lowest BCUT2D eigenvalue weighted by Crippen LogP contribution is -2.58. The van der Waals surface area contributed by atoms with Crippen molar-refractivity contribution in [1.82, 2.24) is 19.7 Å². The molecule has 1 aromatic heterocycles. The van der Waals surface area contributed by atoms with Crippen molar-refractivity contribution >= 4 is 45.1 Å². The van der Waals surface area contributed by atoms with Crippen LogP contribution in [0.15, 0.2) is 52.1 Å². The van der Waals surface area contributed by atoms with E-state index in [4.69, 9.17) is 4.74 Å². The number of thioether (sulfide) groups is 1. The Morgan fingerprint density at radius 3 is 2.34 bits per heavy atom. The standard InChI is InChI=1S/C33H50N4O7S3/c1-23(2)20-28(38)30(39)26(21-24-10-5-3-6-11-24)34-32(41)33(46-29-14-9-19-45-29)35-31(40)27(22-25-12-7-4-8-13-25)36-47(42,43)37-15-17-44-18-16-37/h4,7-9,12-14,19,23-24,26-28,30,33,36,38-39H,3,5-6,10-11,15-18,20-22H2,1-2H3,(H,34,41)(H,35,40)/t26-,27-,28-,30+,33-/m0/s1. The predicted molar refractivity (Wildman–Crippen MR) is 185 cm³/mol. The third-order valence-corrected chi connectivity index (χ3v) is 12.4. The van der Waals surface area contributed by atoms with Gasteiger partial charge in [-0.25, -0.2) is 0 Å². The Hall–Kier alpha value is -2.04. The van der Waals surface area contributed by atoms with Crippen molar-refractivity contribution in [3.05, 3.63) is 53.4 Å². The number of thiophene rings is 1. The van der Waals surface area contributed by atoms with Gasteiger partial charge in [0, 0.05) is 13.1 Å². The van der Waals surface area contributed by atoms with E-state index in [2.05, 4.69) is 15.4 Å². The van der Waals surface area contributed by atoms with Gasteiger partial charge in [0.15, 0.2) is 5.37 Å². The number of nitrogens with zero attached hydrogens (tertiary/aromatic N) is 1. The second-order valence-corrected chi connectivity index (χ2v) is 16.9. The smallest absolute Gasteiger partial charge is 0.280 e. The van der Waals surface area contributed by atoms with E-state index in [1.165, 1.54) is 15.6 Å². The van der Waals surface area contributed by atoms with Crippen molar-refractivity contribution in [3.8, 4) is 0 Å². The molecule has 2 amide bonds. The molecule has 1 aliphatic heterocycles. The van der Waals surface area contributed by atoms with Crippen molar-refractivity contribution in [2.75, 3.05) is 26.3 Å². The minimum Gasteiger partial charge on any atom is -0.390 e. The molecule has 47 heavy (non-hydrogen) atoms. The summed E-state index contributed by atoms with van der Waals surface area (Å²) in [7, 11) is -4.04. The summed E-state index contributed by atoms with van der Waals surface area (Å²) in [6.07, 6.45) is 4.09. The zero-order chi connectivity index (χ0) is 33.8. The number of hydrogen-bond donors (Lipinski definition) is 5. The van der Waals surface area contributed by atoms with Crippen LogP contribution in [0.3, 0.4) is 0 Å². The number of aliphatic hydroxyl groups excluding tert-OH is 2. The third kappa shape index (κ3) is 12.1. The van der Waals surface area contributed by atoms with E-state index in [0.717, 1.165) is 53.6 Å². The van der Waals surface area contributed by atoms with Gasteiger partial charge in [0.2, 0.25) is 5.91 Å². The largest absolute Gasteiger partial charge is 0.390 e. The lowest BCUT2D eigenvalue weighted by molar-refractivity contribution is -0.129. The summed E-state index contributed by atoms with van der Waals surface area (Å²) in [5.41, 5.74) is 0.749. The van der Waals surface area contributed by atoms with Gasteiger partial charge in [0.1, 0.15) is 12.1 Å². The normalized spacial score (nSPS) is 19.9. The number of ether oxygens (including phenoxy) is 1. The second-order valence-electron chi connectivity index (χ2n) is 12.9. The molecule has 1 saturated heterocycles. The third-order valence-electron chi connectivity index (χ3n) is 8.60. The molecule has 14 heteroatoms. The first kappa shape index (κ1) is 37.8. The number of benzene rings is 1. The van der Waals surface area contributed by atoms with E-state index in [0.29, 0.717) is 18.8 Å². The lowest BCUT2D eigenvalue weighted by atomic mass is 9.82. The molecule has 262 valence electrons. The van der Waals surface area contributed by atoms with Crippen LogP contribution in [0.2, 0.25) is 0 Å². The highest BCUT2D eigenvalue weighted by molar-refractivity contribution is 8.02. The zero-order valence-electron chi connectivity index (χ0n) is 27.3. The molecule has 5 N–H and O–H groups in total. The molecule has 0 spiro atoms. The number of amides is 2. The number of morpholine rings is 1. The molecule has 2 heterocycles. The second kappa shape index (κ2) is 18.6. The summed E-state index contributed by atoms with van der Waals surface area (Å²) in [4.78, 5) is 28.0. The molecule has 1 aliphatic carbocycles. The van der Waals surface area contributed by atoms with Crippen molar-refractivity contribution in [2.45, 2.75) is 99.1 Å². The quantitative estimate of drug-likeness (QED) is 0.124. The molecule has 2 aliphatic rings. The number of rotatable bonds is 17. The van der Waals surface area contributed by atoms with Crippen LogP contribution < -0.4 is 15.4 Å². The van der Waals surface area contributed by atoms with Gasteiger partial charge in [0.05, 0.1) is 29.6 Å². The van der Waals surface area contributed by atoms with Gasteiger partial charge in [-0.05, 0) is 48.1 Å². The van der Waals surface area contributed by atoms with Crippen LogP contribution in [0.4, 0.5) is 0 Å². The highest BCUT2D eigenvalue weighted by Crippen LogP contribution is 2.30. The first-order valence-corrected chi connectivity index (χ1v) is 19.8. The minimum atomic E-state index is -4.04. The first-order chi connectivity index (χ1) is 22.5. The van der Waals surface area contributed by atoms with Gasteiger partial charge in [0.25, 0.3) is 16.1 Å².